The smallest absolute Gasteiger partial charge is 0.252 e. The Kier molecular flexibility index (Phi) is 4.44. The second-order valence-corrected chi connectivity index (χ2v) is 6.96. The number of nitrogens with zero attached hydrogens (tertiary/aromatic N) is 1. The average Bonchev–Trinajstić information content (AvgIpc) is 3.27. The van der Waals surface area contributed by atoms with Crippen LogP contribution in [-0.4, -0.2) is 22.8 Å². The Morgan fingerprint density at radius 1 is 0.967 bits per heavy atom. The van der Waals surface area contributed by atoms with E-state index in [2.05, 4.69) is 10.3 Å². The van der Waals surface area contributed by atoms with Gasteiger partial charge in [0.25, 0.3) is 5.91 Å². The molecule has 2 N–H and O–H groups in total. The molecule has 0 fully saturated rings. The highest BCUT2D eigenvalue weighted by atomic mass is 16.7. The number of fused-ring (bicyclic) bond motifs is 2. The molecule has 5 rings (SSSR count). The topological polar surface area (TPSA) is 80.7 Å². The quantitative estimate of drug-likeness (QED) is 0.539. The Labute approximate surface area is 172 Å². The largest absolute Gasteiger partial charge is 0.505 e. The van der Waals surface area contributed by atoms with Gasteiger partial charge in [0.05, 0.1) is 6.04 Å². The van der Waals surface area contributed by atoms with Crippen molar-refractivity contribution in [2.24, 2.45) is 0 Å². The molecule has 1 atom stereocenters. The molecule has 30 heavy (non-hydrogen) atoms. The summed E-state index contributed by atoms with van der Waals surface area (Å²) < 4.78 is 10.9. The van der Waals surface area contributed by atoms with E-state index in [0.717, 1.165) is 10.9 Å². The third-order valence-corrected chi connectivity index (χ3v) is 5.13. The molecule has 0 spiro atoms. The van der Waals surface area contributed by atoms with Crippen LogP contribution < -0.4 is 14.8 Å². The van der Waals surface area contributed by atoms with Gasteiger partial charge in [0.1, 0.15) is 11.3 Å². The molecule has 2 heterocycles. The molecule has 0 saturated carbocycles. The van der Waals surface area contributed by atoms with Gasteiger partial charge in [-0.1, -0.05) is 42.5 Å². The van der Waals surface area contributed by atoms with Crippen molar-refractivity contribution in [1.82, 2.24) is 10.3 Å². The fourth-order valence-corrected chi connectivity index (χ4v) is 3.62. The molecule has 0 radical (unpaired) electrons. The van der Waals surface area contributed by atoms with Crippen molar-refractivity contribution >= 4 is 16.8 Å². The molecular weight excluding hydrogens is 380 g/mol. The van der Waals surface area contributed by atoms with Crippen molar-refractivity contribution in [3.63, 3.8) is 0 Å². The fraction of sp³-hybridized carbons (Fsp3) is 0.0833. The number of pyridine rings is 1. The van der Waals surface area contributed by atoms with Crippen LogP contribution in [0.2, 0.25) is 0 Å². The summed E-state index contributed by atoms with van der Waals surface area (Å²) in [6, 6.07) is 21.2. The van der Waals surface area contributed by atoms with Gasteiger partial charge in [0.2, 0.25) is 6.79 Å². The molecule has 6 nitrogen and oxygen atoms in total. The zero-order chi connectivity index (χ0) is 20.5. The lowest BCUT2D eigenvalue weighted by molar-refractivity contribution is 0.0942. The summed E-state index contributed by atoms with van der Waals surface area (Å²) in [6.45, 7) is 0.158. The monoisotopic (exact) mass is 398 g/mol. The second-order valence-electron chi connectivity index (χ2n) is 6.96. The number of amides is 1. The van der Waals surface area contributed by atoms with Gasteiger partial charge in [0, 0.05) is 22.7 Å². The molecule has 148 valence electrons. The van der Waals surface area contributed by atoms with E-state index in [-0.39, 0.29) is 18.4 Å². The molecule has 0 aliphatic carbocycles. The Hall–Kier alpha value is -4.06. The molecule has 0 saturated heterocycles. The molecule has 1 aromatic heterocycles. The molecular formula is C24H18N2O4. The van der Waals surface area contributed by atoms with Crippen molar-refractivity contribution in [3.05, 3.63) is 95.7 Å². The Balaban J connectivity index is 1.61. The van der Waals surface area contributed by atoms with Crippen LogP contribution in [0, 0.1) is 0 Å². The van der Waals surface area contributed by atoms with Gasteiger partial charge >= 0.3 is 0 Å². The van der Waals surface area contributed by atoms with E-state index in [9.17, 15) is 9.90 Å². The molecule has 1 aliphatic rings. The van der Waals surface area contributed by atoms with Crippen molar-refractivity contribution in [2.45, 2.75) is 6.04 Å². The predicted molar refractivity (Wildman–Crippen MR) is 112 cm³/mol. The van der Waals surface area contributed by atoms with E-state index in [1.807, 2.05) is 48.5 Å². The Bertz CT molecular complexity index is 1240. The maximum absolute atomic E-state index is 12.9. The van der Waals surface area contributed by atoms with E-state index >= 15 is 0 Å². The molecule has 0 bridgehead atoms. The molecule has 1 amide bonds. The number of carbonyl (C=O) groups excluding carboxylic acids is 1. The Morgan fingerprint density at radius 2 is 1.80 bits per heavy atom. The molecule has 6 heteroatoms. The van der Waals surface area contributed by atoms with Crippen LogP contribution in [-0.2, 0) is 0 Å². The number of nitrogens with one attached hydrogen (secondary N) is 1. The van der Waals surface area contributed by atoms with Gasteiger partial charge < -0.3 is 19.9 Å². The number of hydrogen-bond acceptors (Lipinski definition) is 5. The highest BCUT2D eigenvalue weighted by Crippen LogP contribution is 2.39. The second kappa shape index (κ2) is 7.40. The third-order valence-electron chi connectivity index (χ3n) is 5.13. The minimum Gasteiger partial charge on any atom is -0.505 e. The summed E-state index contributed by atoms with van der Waals surface area (Å²) in [5.74, 6) is 1.03. The van der Waals surface area contributed by atoms with Crippen molar-refractivity contribution in [3.8, 4) is 17.2 Å². The maximum atomic E-state index is 12.9. The van der Waals surface area contributed by atoms with Gasteiger partial charge in [-0.2, -0.15) is 0 Å². The molecule has 1 aliphatic heterocycles. The lowest BCUT2D eigenvalue weighted by Crippen LogP contribution is -2.29. The first-order chi connectivity index (χ1) is 14.7. The van der Waals surface area contributed by atoms with Crippen LogP contribution in [0.1, 0.15) is 27.5 Å². The summed E-state index contributed by atoms with van der Waals surface area (Å²) >= 11 is 0. The number of benzene rings is 3. The third kappa shape index (κ3) is 3.18. The van der Waals surface area contributed by atoms with E-state index in [1.54, 1.807) is 30.5 Å². The number of carbonyl (C=O) groups is 1. The maximum Gasteiger partial charge on any atom is 0.252 e. The van der Waals surface area contributed by atoms with Crippen molar-refractivity contribution < 1.29 is 19.4 Å². The number of hydrogen-bond donors (Lipinski definition) is 2. The average molecular weight is 398 g/mol. The fourth-order valence-electron chi connectivity index (χ4n) is 3.62. The highest BCUT2D eigenvalue weighted by molar-refractivity contribution is 5.95. The van der Waals surface area contributed by atoms with Crippen LogP contribution in [0.3, 0.4) is 0 Å². The Morgan fingerprint density at radius 3 is 2.67 bits per heavy atom. The lowest BCUT2D eigenvalue weighted by atomic mass is 9.95. The number of rotatable bonds is 4. The SMILES string of the molecule is O=C(NC(c1ccc2c(c1)OCO2)c1ccc2cccnc2c1O)c1ccccc1. The number of aromatic nitrogens is 1. The summed E-state index contributed by atoms with van der Waals surface area (Å²) in [6.07, 6.45) is 1.63. The van der Waals surface area contributed by atoms with Crippen LogP contribution in [0.25, 0.3) is 10.9 Å². The van der Waals surface area contributed by atoms with Gasteiger partial charge in [-0.25, -0.2) is 0 Å². The van der Waals surface area contributed by atoms with Crippen LogP contribution >= 0.6 is 0 Å². The van der Waals surface area contributed by atoms with E-state index in [4.69, 9.17) is 9.47 Å². The number of phenols is 1. The van der Waals surface area contributed by atoms with E-state index < -0.39 is 6.04 Å². The summed E-state index contributed by atoms with van der Waals surface area (Å²) in [4.78, 5) is 17.3. The van der Waals surface area contributed by atoms with Gasteiger partial charge in [0.15, 0.2) is 11.5 Å². The predicted octanol–water partition coefficient (Wildman–Crippen LogP) is 4.19. The first-order valence-electron chi connectivity index (χ1n) is 9.53. The van der Waals surface area contributed by atoms with E-state index in [1.165, 1.54) is 0 Å². The normalized spacial score (nSPS) is 13.2. The van der Waals surface area contributed by atoms with Crippen molar-refractivity contribution in [1.29, 1.82) is 0 Å². The zero-order valence-electron chi connectivity index (χ0n) is 15.9. The number of ether oxygens (including phenoxy) is 2. The molecule has 3 aromatic carbocycles. The van der Waals surface area contributed by atoms with Crippen LogP contribution in [0.15, 0.2) is 79.0 Å². The zero-order valence-corrected chi connectivity index (χ0v) is 15.9. The number of phenolic OH excluding ortho intramolecular Hbond substituents is 1. The van der Waals surface area contributed by atoms with Crippen LogP contribution in [0.5, 0.6) is 17.2 Å². The van der Waals surface area contributed by atoms with Crippen molar-refractivity contribution in [2.75, 3.05) is 6.79 Å². The van der Waals surface area contributed by atoms with Crippen LogP contribution in [0.4, 0.5) is 0 Å². The summed E-state index contributed by atoms with van der Waals surface area (Å²) in [5, 5.41) is 14.8. The highest BCUT2D eigenvalue weighted by Gasteiger charge is 2.25. The first-order valence-corrected chi connectivity index (χ1v) is 9.53. The molecule has 4 aromatic rings. The molecule has 1 unspecified atom stereocenters. The van der Waals surface area contributed by atoms with Gasteiger partial charge in [-0.3, -0.25) is 9.78 Å². The minimum absolute atomic E-state index is 0.0316. The summed E-state index contributed by atoms with van der Waals surface area (Å²) in [5.41, 5.74) is 2.31. The standard InChI is InChI=1S/C24H18N2O4/c27-23-18(10-8-15-7-4-12-25-22(15)23)21(26-24(28)16-5-2-1-3-6-16)17-9-11-19-20(13-17)30-14-29-19/h1-13,21,27H,14H2,(H,26,28). The number of aromatic hydroxyl groups is 1. The van der Waals surface area contributed by atoms with E-state index in [0.29, 0.717) is 28.1 Å². The first kappa shape index (κ1) is 18.0. The minimum atomic E-state index is -0.612. The lowest BCUT2D eigenvalue weighted by Gasteiger charge is -2.22. The van der Waals surface area contributed by atoms with Gasteiger partial charge in [-0.05, 0) is 35.9 Å². The summed E-state index contributed by atoms with van der Waals surface area (Å²) in [7, 11) is 0. The van der Waals surface area contributed by atoms with Gasteiger partial charge in [-0.15, -0.1) is 0 Å².